The number of ketones is 1. The van der Waals surface area contributed by atoms with Gasteiger partial charge in [0.15, 0.2) is 5.78 Å². The van der Waals surface area contributed by atoms with Crippen molar-refractivity contribution in [2.45, 2.75) is 32.1 Å². The molecular weight excluding hydrogens is 428 g/mol. The summed E-state index contributed by atoms with van der Waals surface area (Å²) in [5.74, 6) is -1.33. The molecule has 8 heteroatoms. The fourth-order valence-corrected chi connectivity index (χ4v) is 4.66. The van der Waals surface area contributed by atoms with Crippen LogP contribution in [-0.4, -0.2) is 24.3 Å². The summed E-state index contributed by atoms with van der Waals surface area (Å²) < 4.78 is 11.6. The normalized spacial score (nSPS) is 26.0. The molecule has 0 aromatic heterocycles. The average Bonchev–Trinajstić information content (AvgIpc) is 2.87. The molecule has 1 amide bonds. The monoisotopic (exact) mass is 446 g/mol. The predicted molar refractivity (Wildman–Crippen MR) is 104 cm³/mol. The Hall–Kier alpha value is -2.61. The number of nitrogens with one attached hydrogen (secondary N) is 1. The van der Waals surface area contributed by atoms with Gasteiger partial charge in [-0.15, -0.1) is 0 Å². The highest BCUT2D eigenvalue weighted by molar-refractivity contribution is 9.10. The van der Waals surface area contributed by atoms with Gasteiger partial charge in [0.2, 0.25) is 11.8 Å². The number of amides is 1. The van der Waals surface area contributed by atoms with E-state index in [9.17, 15) is 14.4 Å². The van der Waals surface area contributed by atoms with Crippen LogP contribution in [0.3, 0.4) is 0 Å². The van der Waals surface area contributed by atoms with E-state index in [0.717, 1.165) is 0 Å². The highest BCUT2D eigenvalue weighted by atomic mass is 79.9. The Kier molecular flexibility index (Phi) is 4.33. The van der Waals surface area contributed by atoms with Crippen LogP contribution in [-0.2, 0) is 29.3 Å². The number of carbonyl (C=O) groups excluding carboxylic acids is 3. The summed E-state index contributed by atoms with van der Waals surface area (Å²) in [5, 5.41) is 2.80. The SMILES string of the molecule is CCOC(=O)C1=C(N)OC2=C(C(=O)CC(C)C2)C12C(=O)Nc1ccc(Br)cc12. The van der Waals surface area contributed by atoms with E-state index < -0.39 is 17.3 Å². The van der Waals surface area contributed by atoms with Crippen molar-refractivity contribution in [3.05, 3.63) is 51.0 Å². The molecular formula is C20H19BrN2O5. The van der Waals surface area contributed by atoms with Crippen molar-refractivity contribution in [3.63, 3.8) is 0 Å². The molecule has 1 spiro atoms. The minimum absolute atomic E-state index is 0.0479. The van der Waals surface area contributed by atoms with Crippen LogP contribution in [0.1, 0.15) is 32.3 Å². The van der Waals surface area contributed by atoms with Crippen LogP contribution >= 0.6 is 15.9 Å². The molecule has 3 N–H and O–H groups in total. The Bertz CT molecular complexity index is 996. The molecule has 0 saturated carbocycles. The third-order valence-electron chi connectivity index (χ3n) is 5.31. The lowest BCUT2D eigenvalue weighted by Gasteiger charge is -2.39. The number of hydrogen-bond donors (Lipinski definition) is 2. The first kappa shape index (κ1) is 18.7. The molecule has 2 aliphatic heterocycles. The standard InChI is InChI=1S/C20H19BrN2O5/c1-3-27-18(25)16-17(22)28-14-7-9(2)6-13(24)15(14)20(16)11-8-10(21)4-5-12(11)23-19(20)26/h4-5,8-9H,3,6-7,22H2,1-2H3,(H,23,26). The lowest BCUT2D eigenvalue weighted by atomic mass is 9.64. The summed E-state index contributed by atoms with van der Waals surface area (Å²) in [6.45, 7) is 3.68. The van der Waals surface area contributed by atoms with Gasteiger partial charge in [0.05, 0.1) is 12.2 Å². The Balaban J connectivity index is 2.08. The summed E-state index contributed by atoms with van der Waals surface area (Å²) in [7, 11) is 0. The zero-order chi connectivity index (χ0) is 20.2. The van der Waals surface area contributed by atoms with Crippen molar-refractivity contribution >= 4 is 39.3 Å². The molecule has 146 valence electrons. The van der Waals surface area contributed by atoms with E-state index in [4.69, 9.17) is 15.2 Å². The number of hydrogen-bond acceptors (Lipinski definition) is 6. The van der Waals surface area contributed by atoms with E-state index in [-0.39, 0.29) is 41.8 Å². The number of halogens is 1. The summed E-state index contributed by atoms with van der Waals surface area (Å²) in [4.78, 5) is 39.4. The summed E-state index contributed by atoms with van der Waals surface area (Å²) in [5.41, 5.74) is 5.49. The second-order valence-electron chi connectivity index (χ2n) is 7.19. The largest absolute Gasteiger partial charge is 0.462 e. The van der Waals surface area contributed by atoms with E-state index >= 15 is 0 Å². The van der Waals surface area contributed by atoms with Crippen molar-refractivity contribution < 1.29 is 23.9 Å². The third kappa shape index (κ3) is 2.44. The number of rotatable bonds is 2. The molecule has 0 bridgehead atoms. The second-order valence-corrected chi connectivity index (χ2v) is 8.11. The van der Waals surface area contributed by atoms with E-state index in [0.29, 0.717) is 27.9 Å². The number of nitrogens with two attached hydrogens (primary N) is 1. The van der Waals surface area contributed by atoms with Crippen molar-refractivity contribution in [1.29, 1.82) is 0 Å². The van der Waals surface area contributed by atoms with Crippen molar-refractivity contribution in [1.82, 2.24) is 0 Å². The van der Waals surface area contributed by atoms with Crippen LogP contribution in [0.4, 0.5) is 5.69 Å². The lowest BCUT2D eigenvalue weighted by molar-refractivity contribution is -0.141. The van der Waals surface area contributed by atoms with E-state index in [1.54, 1.807) is 25.1 Å². The number of fused-ring (bicyclic) bond motifs is 3. The molecule has 1 aromatic carbocycles. The van der Waals surface area contributed by atoms with Gasteiger partial charge < -0.3 is 20.5 Å². The number of ether oxygens (including phenoxy) is 2. The lowest BCUT2D eigenvalue weighted by Crippen LogP contribution is -2.49. The number of esters is 1. The molecule has 0 radical (unpaired) electrons. The average molecular weight is 447 g/mol. The first-order chi connectivity index (χ1) is 13.3. The number of allylic oxidation sites excluding steroid dienone is 1. The minimum Gasteiger partial charge on any atom is -0.462 e. The Morgan fingerprint density at radius 1 is 1.39 bits per heavy atom. The number of benzene rings is 1. The van der Waals surface area contributed by atoms with Crippen LogP contribution in [0.5, 0.6) is 0 Å². The molecule has 3 aliphatic rings. The molecule has 1 aliphatic carbocycles. The zero-order valence-electron chi connectivity index (χ0n) is 15.4. The van der Waals surface area contributed by atoms with Gasteiger partial charge in [-0.1, -0.05) is 22.9 Å². The number of carbonyl (C=O) groups is 3. The third-order valence-corrected chi connectivity index (χ3v) is 5.80. The maximum absolute atomic E-state index is 13.4. The first-order valence-electron chi connectivity index (χ1n) is 9.04. The van der Waals surface area contributed by atoms with Crippen LogP contribution in [0.2, 0.25) is 0 Å². The quantitative estimate of drug-likeness (QED) is 0.676. The predicted octanol–water partition coefficient (Wildman–Crippen LogP) is 2.66. The van der Waals surface area contributed by atoms with Crippen LogP contribution in [0.15, 0.2) is 45.5 Å². The zero-order valence-corrected chi connectivity index (χ0v) is 17.0. The fourth-order valence-electron chi connectivity index (χ4n) is 4.30. The second kappa shape index (κ2) is 6.48. The summed E-state index contributed by atoms with van der Waals surface area (Å²) in [6.07, 6.45) is 0.715. The first-order valence-corrected chi connectivity index (χ1v) is 9.83. The van der Waals surface area contributed by atoms with Gasteiger partial charge in [-0.25, -0.2) is 4.79 Å². The Morgan fingerprint density at radius 3 is 2.86 bits per heavy atom. The van der Waals surface area contributed by atoms with Gasteiger partial charge in [0, 0.05) is 28.6 Å². The van der Waals surface area contributed by atoms with Crippen LogP contribution in [0.25, 0.3) is 0 Å². The van der Waals surface area contributed by atoms with Gasteiger partial charge in [-0.3, -0.25) is 9.59 Å². The van der Waals surface area contributed by atoms with Gasteiger partial charge in [-0.2, -0.15) is 0 Å². The maximum Gasteiger partial charge on any atom is 0.341 e. The molecule has 4 rings (SSSR count). The highest BCUT2D eigenvalue weighted by Gasteiger charge is 2.62. The minimum atomic E-state index is -1.68. The Labute approximate surface area is 170 Å². The van der Waals surface area contributed by atoms with Crippen molar-refractivity contribution in [3.8, 4) is 0 Å². The smallest absolute Gasteiger partial charge is 0.341 e. The van der Waals surface area contributed by atoms with E-state index in [1.807, 2.05) is 6.92 Å². The molecule has 28 heavy (non-hydrogen) atoms. The Morgan fingerprint density at radius 2 is 2.14 bits per heavy atom. The highest BCUT2D eigenvalue weighted by Crippen LogP contribution is 2.55. The van der Waals surface area contributed by atoms with E-state index in [1.165, 1.54) is 0 Å². The van der Waals surface area contributed by atoms with Crippen LogP contribution in [0, 0.1) is 5.92 Å². The number of Topliss-reactive ketones (excluding diaryl/α,β-unsaturated/α-hetero) is 1. The summed E-state index contributed by atoms with van der Waals surface area (Å²) >= 11 is 3.42. The maximum atomic E-state index is 13.4. The van der Waals surface area contributed by atoms with Gasteiger partial charge in [-0.05, 0) is 31.0 Å². The fraction of sp³-hybridized carbons (Fsp3) is 0.350. The molecule has 2 unspecified atom stereocenters. The number of anilines is 1. The van der Waals surface area contributed by atoms with Gasteiger partial charge >= 0.3 is 5.97 Å². The van der Waals surface area contributed by atoms with Crippen molar-refractivity contribution in [2.24, 2.45) is 11.7 Å². The molecule has 1 aromatic rings. The molecule has 2 heterocycles. The molecule has 0 saturated heterocycles. The van der Waals surface area contributed by atoms with Gasteiger partial charge in [0.25, 0.3) is 0 Å². The van der Waals surface area contributed by atoms with Gasteiger partial charge in [0.1, 0.15) is 16.7 Å². The summed E-state index contributed by atoms with van der Waals surface area (Å²) in [6, 6.07) is 5.21. The molecule has 7 nitrogen and oxygen atoms in total. The van der Waals surface area contributed by atoms with E-state index in [2.05, 4.69) is 21.2 Å². The molecule has 0 fully saturated rings. The molecule has 2 atom stereocenters. The van der Waals surface area contributed by atoms with Crippen molar-refractivity contribution in [2.75, 3.05) is 11.9 Å². The van der Waals surface area contributed by atoms with Crippen LogP contribution < -0.4 is 11.1 Å². The topological polar surface area (TPSA) is 108 Å².